The van der Waals surface area contributed by atoms with E-state index >= 15 is 0 Å². The van der Waals surface area contributed by atoms with Gasteiger partial charge in [0.15, 0.2) is 5.79 Å². The highest BCUT2D eigenvalue weighted by molar-refractivity contribution is 6.32. The number of halogens is 1. The number of anilines is 1. The molecular weight excluding hydrogens is 332 g/mol. The van der Waals surface area contributed by atoms with Crippen LogP contribution in [-0.4, -0.2) is 52.8 Å². The number of rotatable bonds is 2. The Bertz CT molecular complexity index is 744. The Morgan fingerprint density at radius 1 is 1.33 bits per heavy atom. The number of nitrogens with zero attached hydrogens (tertiary/aromatic N) is 3. The first-order chi connectivity index (χ1) is 11.7. The average molecular weight is 349 g/mol. The van der Waals surface area contributed by atoms with E-state index < -0.39 is 5.79 Å². The minimum Gasteiger partial charge on any atom is -0.346 e. The fourth-order valence-electron chi connectivity index (χ4n) is 3.04. The Morgan fingerprint density at radius 3 is 2.88 bits per heavy atom. The number of hydrogen-bond acceptors (Lipinski definition) is 4. The third-order valence-electron chi connectivity index (χ3n) is 4.25. The molecule has 1 spiro atoms. The lowest BCUT2D eigenvalue weighted by Crippen LogP contribution is -2.38. The Hall–Kier alpha value is -2.09. The molecule has 1 aromatic heterocycles. The Morgan fingerprint density at radius 2 is 2.17 bits per heavy atom. The van der Waals surface area contributed by atoms with Crippen LogP contribution in [0.4, 0.5) is 10.5 Å². The number of nitrogens with one attached hydrogen (secondary N) is 1. The standard InChI is InChI=1S/C16H17ClN4O3/c17-13-10-12(2-3-14(13)21-6-1-5-18-21)19-15(22)20-7-4-16(11-20)23-8-9-24-16/h1-3,5-6,10H,4,7-9,11H2,(H,19,22). The van der Waals surface area contributed by atoms with Crippen molar-refractivity contribution in [2.24, 2.45) is 0 Å². The summed E-state index contributed by atoms with van der Waals surface area (Å²) in [6.45, 7) is 2.21. The molecule has 2 amide bonds. The Kier molecular flexibility index (Phi) is 3.91. The van der Waals surface area contributed by atoms with Gasteiger partial charge in [0.1, 0.15) is 0 Å². The van der Waals surface area contributed by atoms with Crippen molar-refractivity contribution in [3.8, 4) is 5.69 Å². The summed E-state index contributed by atoms with van der Waals surface area (Å²) in [5.74, 6) is -0.612. The van der Waals surface area contributed by atoms with E-state index in [-0.39, 0.29) is 6.03 Å². The number of benzene rings is 1. The van der Waals surface area contributed by atoms with Crippen LogP contribution in [0.5, 0.6) is 0 Å². The van der Waals surface area contributed by atoms with Crippen molar-refractivity contribution >= 4 is 23.3 Å². The van der Waals surface area contributed by atoms with E-state index in [1.165, 1.54) is 0 Å². The van der Waals surface area contributed by atoms with E-state index in [4.69, 9.17) is 21.1 Å². The Balaban J connectivity index is 1.44. The first-order valence-corrected chi connectivity index (χ1v) is 8.16. The minimum atomic E-state index is -0.612. The first kappa shape index (κ1) is 15.4. The fourth-order valence-corrected chi connectivity index (χ4v) is 3.31. The van der Waals surface area contributed by atoms with Crippen LogP contribution in [0, 0.1) is 0 Å². The molecule has 0 atom stereocenters. The van der Waals surface area contributed by atoms with Gasteiger partial charge in [0.2, 0.25) is 0 Å². The minimum absolute atomic E-state index is 0.186. The van der Waals surface area contributed by atoms with Crippen molar-refractivity contribution in [2.75, 3.05) is 31.6 Å². The lowest BCUT2D eigenvalue weighted by atomic mass is 10.2. The second-order valence-corrected chi connectivity index (χ2v) is 6.23. The quantitative estimate of drug-likeness (QED) is 0.905. The van der Waals surface area contributed by atoms with Gasteiger partial charge in [-0.3, -0.25) is 0 Å². The number of carbonyl (C=O) groups excluding carboxylic acids is 1. The number of amides is 2. The molecule has 0 radical (unpaired) electrons. The molecule has 3 heterocycles. The zero-order valence-electron chi connectivity index (χ0n) is 12.9. The molecule has 1 aromatic carbocycles. The lowest BCUT2D eigenvalue weighted by Gasteiger charge is -2.22. The third kappa shape index (κ3) is 2.86. The molecule has 24 heavy (non-hydrogen) atoms. The molecule has 2 aliphatic heterocycles. The molecule has 4 rings (SSSR count). The van der Waals surface area contributed by atoms with Crippen molar-refractivity contribution < 1.29 is 14.3 Å². The van der Waals surface area contributed by atoms with Crippen LogP contribution in [0.25, 0.3) is 5.69 Å². The van der Waals surface area contributed by atoms with Crippen LogP contribution in [0.2, 0.25) is 5.02 Å². The maximum absolute atomic E-state index is 12.4. The normalized spacial score (nSPS) is 19.1. The summed E-state index contributed by atoms with van der Waals surface area (Å²) >= 11 is 6.30. The third-order valence-corrected chi connectivity index (χ3v) is 4.55. The second-order valence-electron chi connectivity index (χ2n) is 5.83. The molecule has 1 N–H and O–H groups in total. The van der Waals surface area contributed by atoms with E-state index in [1.54, 1.807) is 27.9 Å². The second kappa shape index (κ2) is 6.08. The molecule has 2 aromatic rings. The van der Waals surface area contributed by atoms with Crippen LogP contribution in [-0.2, 0) is 9.47 Å². The SMILES string of the molecule is O=C(Nc1ccc(-n2cccn2)c(Cl)c1)N1CCC2(C1)OCCO2. The number of ether oxygens (including phenoxy) is 2. The lowest BCUT2D eigenvalue weighted by molar-refractivity contribution is -0.143. The number of likely N-dealkylation sites (tertiary alicyclic amines) is 1. The highest BCUT2D eigenvalue weighted by Crippen LogP contribution is 2.31. The molecular formula is C16H17ClN4O3. The summed E-state index contributed by atoms with van der Waals surface area (Å²) in [6, 6.07) is 6.97. The van der Waals surface area contributed by atoms with Crippen molar-refractivity contribution in [2.45, 2.75) is 12.2 Å². The van der Waals surface area contributed by atoms with Gasteiger partial charge in [0.25, 0.3) is 0 Å². The van der Waals surface area contributed by atoms with Crippen LogP contribution < -0.4 is 5.32 Å². The molecule has 2 fully saturated rings. The number of aromatic nitrogens is 2. The summed E-state index contributed by atoms with van der Waals surface area (Å²) in [5.41, 5.74) is 1.39. The summed E-state index contributed by atoms with van der Waals surface area (Å²) in [7, 11) is 0. The summed E-state index contributed by atoms with van der Waals surface area (Å²) in [4.78, 5) is 14.1. The molecule has 0 saturated carbocycles. The number of urea groups is 1. The predicted octanol–water partition coefficient (Wildman–Crippen LogP) is 2.51. The van der Waals surface area contributed by atoms with Crippen LogP contribution >= 0.6 is 11.6 Å². The van der Waals surface area contributed by atoms with E-state index in [1.807, 2.05) is 18.3 Å². The van der Waals surface area contributed by atoms with Crippen LogP contribution in [0.1, 0.15) is 6.42 Å². The first-order valence-electron chi connectivity index (χ1n) is 7.79. The van der Waals surface area contributed by atoms with Gasteiger partial charge < -0.3 is 19.7 Å². The van der Waals surface area contributed by atoms with E-state index in [9.17, 15) is 4.79 Å². The van der Waals surface area contributed by atoms with Gasteiger partial charge >= 0.3 is 6.03 Å². The van der Waals surface area contributed by atoms with Crippen molar-refractivity contribution in [3.05, 3.63) is 41.7 Å². The molecule has 2 aliphatic rings. The van der Waals surface area contributed by atoms with E-state index in [0.717, 1.165) is 5.69 Å². The molecule has 8 heteroatoms. The smallest absolute Gasteiger partial charge is 0.322 e. The van der Waals surface area contributed by atoms with Gasteiger partial charge in [0.05, 0.1) is 30.5 Å². The van der Waals surface area contributed by atoms with Crippen molar-refractivity contribution in [1.29, 1.82) is 0 Å². The number of hydrogen-bond donors (Lipinski definition) is 1. The zero-order chi connectivity index (χ0) is 16.6. The van der Waals surface area contributed by atoms with Gasteiger partial charge in [-0.25, -0.2) is 9.48 Å². The maximum atomic E-state index is 12.4. The van der Waals surface area contributed by atoms with Gasteiger partial charge in [-0.1, -0.05) is 11.6 Å². The highest BCUT2D eigenvalue weighted by Gasteiger charge is 2.44. The fraction of sp³-hybridized carbons (Fsp3) is 0.375. The Labute approximate surface area is 144 Å². The van der Waals surface area contributed by atoms with Gasteiger partial charge in [0, 0.05) is 31.0 Å². The molecule has 2 saturated heterocycles. The van der Waals surface area contributed by atoms with Gasteiger partial charge in [-0.2, -0.15) is 5.10 Å². The maximum Gasteiger partial charge on any atom is 0.322 e. The largest absolute Gasteiger partial charge is 0.346 e. The predicted molar refractivity (Wildman–Crippen MR) is 88.4 cm³/mol. The van der Waals surface area contributed by atoms with E-state index in [2.05, 4.69) is 10.4 Å². The summed E-state index contributed by atoms with van der Waals surface area (Å²) in [6.07, 6.45) is 4.19. The van der Waals surface area contributed by atoms with E-state index in [0.29, 0.717) is 43.4 Å². The summed E-state index contributed by atoms with van der Waals surface area (Å²) in [5, 5.41) is 7.53. The topological polar surface area (TPSA) is 68.6 Å². The molecule has 0 unspecified atom stereocenters. The molecule has 0 bridgehead atoms. The number of carbonyl (C=O) groups is 1. The van der Waals surface area contributed by atoms with Crippen molar-refractivity contribution in [1.82, 2.24) is 14.7 Å². The van der Waals surface area contributed by atoms with Crippen molar-refractivity contribution in [3.63, 3.8) is 0 Å². The monoisotopic (exact) mass is 348 g/mol. The molecule has 0 aliphatic carbocycles. The average Bonchev–Trinajstić information content (AvgIpc) is 3.31. The molecule has 126 valence electrons. The molecule has 7 nitrogen and oxygen atoms in total. The summed E-state index contributed by atoms with van der Waals surface area (Å²) < 4.78 is 12.9. The van der Waals surface area contributed by atoms with Crippen LogP contribution in [0.15, 0.2) is 36.7 Å². The van der Waals surface area contributed by atoms with Gasteiger partial charge in [-0.15, -0.1) is 0 Å². The van der Waals surface area contributed by atoms with Gasteiger partial charge in [-0.05, 0) is 24.3 Å². The van der Waals surface area contributed by atoms with Crippen LogP contribution in [0.3, 0.4) is 0 Å². The zero-order valence-corrected chi connectivity index (χ0v) is 13.7. The highest BCUT2D eigenvalue weighted by atomic mass is 35.5.